The minimum Gasteiger partial charge on any atom is -0.381 e. The highest BCUT2D eigenvalue weighted by Gasteiger charge is 2.26. The molecule has 2 fully saturated rings. The van der Waals surface area contributed by atoms with Crippen LogP contribution >= 0.6 is 0 Å². The van der Waals surface area contributed by atoms with Gasteiger partial charge >= 0.3 is 0 Å². The average molecular weight is 433 g/mol. The molecule has 1 aromatic carbocycles. The average Bonchev–Trinajstić information content (AvgIpc) is 3.47. The third kappa shape index (κ3) is 3.48. The van der Waals surface area contributed by atoms with E-state index < -0.39 is 0 Å². The summed E-state index contributed by atoms with van der Waals surface area (Å²) in [7, 11) is 0. The number of nitrogens with one attached hydrogen (secondary N) is 2. The van der Waals surface area contributed by atoms with Gasteiger partial charge in [0.15, 0.2) is 0 Å². The Morgan fingerprint density at radius 1 is 1.25 bits per heavy atom. The molecular formula is C24H28N6O2. The van der Waals surface area contributed by atoms with Gasteiger partial charge in [-0.05, 0) is 43.9 Å². The normalized spacial score (nSPS) is 20.3. The Morgan fingerprint density at radius 3 is 2.97 bits per heavy atom. The van der Waals surface area contributed by atoms with E-state index in [0.29, 0.717) is 42.4 Å². The van der Waals surface area contributed by atoms with Crippen LogP contribution in [0.2, 0.25) is 0 Å². The minimum atomic E-state index is -0.00479. The molecule has 3 aliphatic rings. The molecule has 1 atom stereocenters. The van der Waals surface area contributed by atoms with Crippen molar-refractivity contribution in [2.45, 2.75) is 38.8 Å². The Hall–Kier alpha value is -3.13. The van der Waals surface area contributed by atoms with Gasteiger partial charge in [0.05, 0.1) is 18.0 Å². The van der Waals surface area contributed by atoms with E-state index in [2.05, 4.69) is 39.6 Å². The lowest BCUT2D eigenvalue weighted by molar-refractivity contribution is 0.182. The van der Waals surface area contributed by atoms with Crippen LogP contribution in [0.25, 0.3) is 11.0 Å². The summed E-state index contributed by atoms with van der Waals surface area (Å²) in [4.78, 5) is 25.3. The summed E-state index contributed by atoms with van der Waals surface area (Å²) < 4.78 is 7.44. The molecule has 1 saturated carbocycles. The van der Waals surface area contributed by atoms with Crippen LogP contribution < -0.4 is 21.1 Å². The van der Waals surface area contributed by atoms with Crippen molar-refractivity contribution in [3.8, 4) is 0 Å². The Bertz CT molecular complexity index is 1230. The summed E-state index contributed by atoms with van der Waals surface area (Å²) >= 11 is 0. The Kier molecular flexibility index (Phi) is 4.75. The van der Waals surface area contributed by atoms with Crippen molar-refractivity contribution < 1.29 is 4.74 Å². The number of benzene rings is 1. The first-order chi connectivity index (χ1) is 15.7. The molecule has 3 aromatic rings. The molecule has 2 aromatic heterocycles. The van der Waals surface area contributed by atoms with Gasteiger partial charge in [-0.3, -0.25) is 9.36 Å². The van der Waals surface area contributed by atoms with E-state index in [0.717, 1.165) is 55.7 Å². The summed E-state index contributed by atoms with van der Waals surface area (Å²) in [5.41, 5.74) is 4.68. The molecule has 0 amide bonds. The lowest BCUT2D eigenvalue weighted by Gasteiger charge is -2.33. The predicted octanol–water partition coefficient (Wildman–Crippen LogP) is 3.27. The molecule has 166 valence electrons. The fraction of sp³-hybridized carbons (Fsp3) is 0.458. The van der Waals surface area contributed by atoms with Crippen molar-refractivity contribution in [3.63, 3.8) is 0 Å². The zero-order valence-corrected chi connectivity index (χ0v) is 18.3. The SMILES string of the molecule is Cc1cccc2c1NCCN2c1cc2cnc(NC3CC3)nc2n(CC2CCOC2)c1=O. The van der Waals surface area contributed by atoms with Gasteiger partial charge in [0.1, 0.15) is 11.3 Å². The highest BCUT2D eigenvalue weighted by Crippen LogP contribution is 2.36. The first-order valence-electron chi connectivity index (χ1n) is 11.5. The molecule has 8 nitrogen and oxygen atoms in total. The molecule has 1 unspecified atom stereocenters. The van der Waals surface area contributed by atoms with Crippen LogP contribution in [0, 0.1) is 12.8 Å². The summed E-state index contributed by atoms with van der Waals surface area (Å²) in [5.74, 6) is 0.922. The maximum Gasteiger partial charge on any atom is 0.276 e. The third-order valence-corrected chi connectivity index (χ3v) is 6.65. The maximum atomic E-state index is 13.9. The Morgan fingerprint density at radius 2 is 2.16 bits per heavy atom. The number of nitrogens with zero attached hydrogens (tertiary/aromatic N) is 4. The second-order valence-electron chi connectivity index (χ2n) is 9.11. The van der Waals surface area contributed by atoms with E-state index in [-0.39, 0.29) is 5.56 Å². The summed E-state index contributed by atoms with van der Waals surface area (Å²) in [6.45, 7) is 5.65. The quantitative estimate of drug-likeness (QED) is 0.640. The summed E-state index contributed by atoms with van der Waals surface area (Å²) in [6.07, 6.45) is 5.10. The van der Waals surface area contributed by atoms with Gasteiger partial charge < -0.3 is 20.3 Å². The summed E-state index contributed by atoms with van der Waals surface area (Å²) in [6, 6.07) is 8.62. The molecule has 2 N–H and O–H groups in total. The molecule has 0 bridgehead atoms. The van der Waals surface area contributed by atoms with Gasteiger partial charge in [0, 0.05) is 49.8 Å². The molecule has 1 aliphatic carbocycles. The zero-order chi connectivity index (χ0) is 21.7. The van der Waals surface area contributed by atoms with E-state index in [1.807, 2.05) is 22.9 Å². The number of hydrogen-bond donors (Lipinski definition) is 2. The summed E-state index contributed by atoms with van der Waals surface area (Å²) in [5, 5.41) is 7.74. The number of anilines is 4. The largest absolute Gasteiger partial charge is 0.381 e. The number of hydrogen-bond acceptors (Lipinski definition) is 7. The van der Waals surface area contributed by atoms with E-state index in [1.54, 1.807) is 0 Å². The van der Waals surface area contributed by atoms with Crippen LogP contribution in [0.15, 0.2) is 35.3 Å². The van der Waals surface area contributed by atoms with E-state index >= 15 is 0 Å². The number of rotatable bonds is 5. The Balaban J connectivity index is 1.50. The van der Waals surface area contributed by atoms with Gasteiger partial charge in [-0.25, -0.2) is 4.98 Å². The first kappa shape index (κ1) is 19.5. The molecule has 8 heteroatoms. The number of ether oxygens (including phenoxy) is 1. The van der Waals surface area contributed by atoms with Gasteiger partial charge in [-0.2, -0.15) is 4.98 Å². The van der Waals surface area contributed by atoms with Gasteiger partial charge in [0.2, 0.25) is 5.95 Å². The number of aryl methyl sites for hydroxylation is 1. The molecule has 1 saturated heterocycles. The van der Waals surface area contributed by atoms with Crippen molar-refractivity contribution in [2.75, 3.05) is 41.8 Å². The Labute approximate surface area is 186 Å². The van der Waals surface area contributed by atoms with E-state index in [9.17, 15) is 4.79 Å². The molecule has 6 rings (SSSR count). The number of aromatic nitrogens is 3. The van der Waals surface area contributed by atoms with E-state index in [4.69, 9.17) is 9.72 Å². The third-order valence-electron chi connectivity index (χ3n) is 6.65. The minimum absolute atomic E-state index is 0.00479. The highest BCUT2D eigenvalue weighted by atomic mass is 16.5. The topological polar surface area (TPSA) is 84.3 Å². The first-order valence-corrected chi connectivity index (χ1v) is 11.5. The standard InChI is InChI=1S/C24H28N6O2/c1-15-3-2-4-19-21(15)25-8-9-29(19)20-11-17-12-26-24(27-18-5-6-18)28-22(17)30(23(20)31)13-16-7-10-32-14-16/h2-4,11-12,16,18,25H,5-10,13-14H2,1H3,(H,26,27,28). The van der Waals surface area contributed by atoms with Gasteiger partial charge in [0.25, 0.3) is 5.56 Å². The van der Waals surface area contributed by atoms with Crippen LogP contribution in [-0.2, 0) is 11.3 Å². The van der Waals surface area contributed by atoms with Crippen molar-refractivity contribution in [1.82, 2.24) is 14.5 Å². The lowest BCUT2D eigenvalue weighted by Crippen LogP contribution is -2.36. The number of para-hydroxylation sites is 1. The van der Waals surface area contributed by atoms with Crippen LogP contribution in [0.1, 0.15) is 24.8 Å². The fourth-order valence-electron chi connectivity index (χ4n) is 4.74. The van der Waals surface area contributed by atoms with Crippen molar-refractivity contribution >= 4 is 34.0 Å². The van der Waals surface area contributed by atoms with Crippen LogP contribution in [-0.4, -0.2) is 46.9 Å². The molecular weight excluding hydrogens is 404 g/mol. The predicted molar refractivity (Wildman–Crippen MR) is 126 cm³/mol. The lowest BCUT2D eigenvalue weighted by atomic mass is 10.1. The van der Waals surface area contributed by atoms with Crippen molar-refractivity contribution in [3.05, 3.63) is 46.4 Å². The van der Waals surface area contributed by atoms with E-state index in [1.165, 1.54) is 5.56 Å². The number of pyridine rings is 1. The molecule has 0 spiro atoms. The monoisotopic (exact) mass is 432 g/mol. The molecule has 0 radical (unpaired) electrons. The maximum absolute atomic E-state index is 13.9. The van der Waals surface area contributed by atoms with Gasteiger partial charge in [-0.15, -0.1) is 0 Å². The van der Waals surface area contributed by atoms with Crippen LogP contribution in [0.5, 0.6) is 0 Å². The molecule has 2 aliphatic heterocycles. The second kappa shape index (κ2) is 7.78. The van der Waals surface area contributed by atoms with Gasteiger partial charge in [-0.1, -0.05) is 12.1 Å². The van der Waals surface area contributed by atoms with Crippen LogP contribution in [0.3, 0.4) is 0 Å². The smallest absolute Gasteiger partial charge is 0.276 e. The number of fused-ring (bicyclic) bond motifs is 2. The highest BCUT2D eigenvalue weighted by molar-refractivity contribution is 5.85. The van der Waals surface area contributed by atoms with Crippen LogP contribution in [0.4, 0.5) is 23.0 Å². The zero-order valence-electron chi connectivity index (χ0n) is 18.3. The fourth-order valence-corrected chi connectivity index (χ4v) is 4.74. The van der Waals surface area contributed by atoms with Crippen molar-refractivity contribution in [2.24, 2.45) is 5.92 Å². The van der Waals surface area contributed by atoms with Crippen molar-refractivity contribution in [1.29, 1.82) is 0 Å². The molecule has 4 heterocycles. The molecule has 32 heavy (non-hydrogen) atoms. The second-order valence-corrected chi connectivity index (χ2v) is 9.11.